The van der Waals surface area contributed by atoms with Crippen LogP contribution in [0, 0.1) is 0 Å². The molecular weight excluding hydrogens is 1990 g/mol. The van der Waals surface area contributed by atoms with Crippen LogP contribution in [0.4, 0.5) is 0 Å². The van der Waals surface area contributed by atoms with Gasteiger partial charge in [0.1, 0.15) is 146 Å². The van der Waals surface area contributed by atoms with E-state index < -0.39 is 293 Å². The smallest absolute Gasteiger partial charge is 0.306 e. The molecule has 40 atom stereocenters. The lowest BCUT2D eigenvalue weighted by molar-refractivity contribution is -0.396. The average molecular weight is 2110 g/mol. The molecule has 30 fully saturated rings. The molecule has 16 bridgehead atoms. The third kappa shape index (κ3) is 32.6. The summed E-state index contributed by atoms with van der Waals surface area (Å²) in [5.74, 6) is -7.18. The van der Waals surface area contributed by atoms with Gasteiger partial charge in [0.2, 0.25) is 0 Å². The number of aliphatic hydroxyl groups excluding tert-OH is 16. The maximum absolute atomic E-state index is 12.5. The van der Waals surface area contributed by atoms with Crippen LogP contribution in [0.15, 0.2) is 0 Å². The molecule has 56 heteroatoms. The molecule has 0 amide bonds. The zero-order valence-electron chi connectivity index (χ0n) is 75.5. The molecule has 0 aromatic rings. The SMILES string of the molecule is COC(=O)CCSC[C@H]1O[C@@H]2O[C@H]3[C@H](O)[C@@H](O)[C@@H](O[C@H]4[C@H](O)[C@@H](O)[C@@H](O[C@H]5[C@H](O)[C@@H](O)[C@@H](O[C@H]6[C@H](O)[C@@H](O)[C@@H](O[C@H]7[C@H](O)[C@@H](O)[C@@H](O[C@H]8[C@H](O)[C@@H](O)[C@@H](O[C@H]9[C@H](O)[C@@H](O)[C@@H](O[C@H]1[C@H](O)[C@H]2O)O[C@@H]9CSCCC(=O)OC)O[C@@H]8CSCCC(=O)OC)O[C@@H]7CSCCC(=O)OC)O[C@@H]6CSCCC(=O)OC)O[C@@H]5CSCCC(=O)OC)O[C@@H]4CSCCC(=O)OC)O[C@@H]3CSCCC(=O)OC. The number of hydrogen-bond donors (Lipinski definition) is 16. The Morgan fingerprint density at radius 3 is 0.353 bits per heavy atom. The summed E-state index contributed by atoms with van der Waals surface area (Å²) in [7, 11) is 9.23. The summed E-state index contributed by atoms with van der Waals surface area (Å²) in [5, 5.41) is 198. The van der Waals surface area contributed by atoms with E-state index in [0.29, 0.717) is 0 Å². The van der Waals surface area contributed by atoms with E-state index in [4.69, 9.17) is 114 Å². The van der Waals surface area contributed by atoms with Crippen LogP contribution in [-0.4, -0.2) is 524 Å². The van der Waals surface area contributed by atoms with Crippen molar-refractivity contribution in [3.63, 3.8) is 0 Å². The van der Waals surface area contributed by atoms with Gasteiger partial charge in [-0.3, -0.25) is 38.4 Å². The number of rotatable bonds is 40. The van der Waals surface area contributed by atoms with Gasteiger partial charge in [-0.1, -0.05) is 0 Å². The molecule has 30 saturated heterocycles. The van der Waals surface area contributed by atoms with Crippen molar-refractivity contribution >= 4 is 142 Å². The number of esters is 8. The molecular formula is C80H128O48S8. The van der Waals surface area contributed by atoms with Crippen LogP contribution in [0.3, 0.4) is 0 Å². The maximum atomic E-state index is 12.5. The highest BCUT2D eigenvalue weighted by Gasteiger charge is 2.61. The fourth-order valence-electron chi connectivity index (χ4n) is 15.5. The van der Waals surface area contributed by atoms with Gasteiger partial charge in [0.25, 0.3) is 0 Å². The third-order valence-corrected chi connectivity index (χ3v) is 31.6. The summed E-state index contributed by atoms with van der Waals surface area (Å²) < 4.78 is 141. The Kier molecular flexibility index (Phi) is 50.3. The van der Waals surface area contributed by atoms with E-state index in [1.807, 2.05) is 0 Å². The summed E-state index contributed by atoms with van der Waals surface area (Å²) in [6, 6.07) is 0. The molecule has 784 valence electrons. The predicted molar refractivity (Wildman–Crippen MR) is 476 cm³/mol. The molecule has 0 aliphatic carbocycles. The number of carbonyl (C=O) groups excluding carboxylic acids is 8. The summed E-state index contributed by atoms with van der Waals surface area (Å²) in [5.41, 5.74) is 0. The Morgan fingerprint density at radius 1 is 0.169 bits per heavy atom. The van der Waals surface area contributed by atoms with E-state index >= 15 is 0 Å². The lowest BCUT2D eigenvalue weighted by Crippen LogP contribution is -2.69. The maximum Gasteiger partial charge on any atom is 0.306 e. The lowest BCUT2D eigenvalue weighted by Gasteiger charge is -2.51. The van der Waals surface area contributed by atoms with Crippen LogP contribution in [-0.2, 0) is 152 Å². The van der Waals surface area contributed by atoms with Crippen molar-refractivity contribution in [3.8, 4) is 0 Å². The highest BCUT2D eigenvalue weighted by atomic mass is 32.2. The second-order valence-electron chi connectivity index (χ2n) is 32.2. The highest BCUT2D eigenvalue weighted by molar-refractivity contribution is 8.00. The monoisotopic (exact) mass is 2110 g/mol. The molecule has 0 unspecified atom stereocenters. The zero-order chi connectivity index (χ0) is 99.3. The van der Waals surface area contributed by atoms with Gasteiger partial charge in [0, 0.05) is 92.0 Å². The summed E-state index contributed by atoms with van der Waals surface area (Å²) in [6.07, 6.45) is -80.5. The minimum atomic E-state index is -2.25. The molecule has 30 heterocycles. The Bertz CT molecular complexity index is 2960. The number of hydrogen-bond acceptors (Lipinski definition) is 56. The molecule has 0 aromatic heterocycles. The molecule has 0 radical (unpaired) electrons. The van der Waals surface area contributed by atoms with E-state index in [1.54, 1.807) is 0 Å². The van der Waals surface area contributed by atoms with Crippen molar-refractivity contribution in [2.24, 2.45) is 0 Å². The largest absolute Gasteiger partial charge is 0.469 e. The first kappa shape index (κ1) is 117. The van der Waals surface area contributed by atoms with Gasteiger partial charge < -0.3 is 195 Å². The first-order valence-electron chi connectivity index (χ1n) is 43.6. The number of thioether (sulfide) groups is 8. The highest BCUT2D eigenvalue weighted by Crippen LogP contribution is 2.43. The molecule has 30 rings (SSSR count). The van der Waals surface area contributed by atoms with Crippen molar-refractivity contribution in [3.05, 3.63) is 0 Å². The van der Waals surface area contributed by atoms with Gasteiger partial charge >= 0.3 is 47.8 Å². The molecule has 30 aliphatic rings. The van der Waals surface area contributed by atoms with Crippen LogP contribution < -0.4 is 0 Å². The van der Waals surface area contributed by atoms with E-state index in [9.17, 15) is 120 Å². The van der Waals surface area contributed by atoms with Crippen LogP contribution in [0.25, 0.3) is 0 Å². The number of aliphatic hydroxyl groups is 16. The van der Waals surface area contributed by atoms with Crippen molar-refractivity contribution < 1.29 is 234 Å². The van der Waals surface area contributed by atoms with Gasteiger partial charge in [0.05, 0.1) is 157 Å². The van der Waals surface area contributed by atoms with Gasteiger partial charge in [-0.05, 0) is 0 Å². The van der Waals surface area contributed by atoms with Crippen molar-refractivity contribution in [2.75, 3.05) is 149 Å². The minimum Gasteiger partial charge on any atom is -0.469 e. The number of ether oxygens (including phenoxy) is 24. The average Bonchev–Trinajstić information content (AvgIpc) is 0.768. The fraction of sp³-hybridized carbons (Fsp3) is 0.900. The molecule has 0 aromatic carbocycles. The Hall–Kier alpha value is -2.72. The Labute approximate surface area is 816 Å². The van der Waals surface area contributed by atoms with Crippen LogP contribution in [0.2, 0.25) is 0 Å². The minimum absolute atomic E-state index is 0.0146. The fourth-order valence-corrected chi connectivity index (χ4v) is 23.3. The zero-order valence-corrected chi connectivity index (χ0v) is 82.1. The summed E-state index contributed by atoms with van der Waals surface area (Å²) in [4.78, 5) is 99.8. The van der Waals surface area contributed by atoms with Gasteiger partial charge in [-0.15, -0.1) is 0 Å². The van der Waals surface area contributed by atoms with Crippen LogP contribution >= 0.6 is 94.1 Å². The predicted octanol–water partition coefficient (Wildman–Crippen LogP) is -6.97. The van der Waals surface area contributed by atoms with Gasteiger partial charge in [0.15, 0.2) is 50.3 Å². The molecule has 0 saturated carbocycles. The van der Waals surface area contributed by atoms with Crippen LogP contribution in [0.1, 0.15) is 51.4 Å². The quantitative estimate of drug-likeness (QED) is 0.0154. The van der Waals surface area contributed by atoms with Gasteiger partial charge in [-0.2, -0.15) is 94.1 Å². The van der Waals surface area contributed by atoms with Crippen molar-refractivity contribution in [1.29, 1.82) is 0 Å². The third-order valence-electron chi connectivity index (χ3n) is 23.1. The molecule has 30 aliphatic heterocycles. The summed E-state index contributed by atoms with van der Waals surface area (Å²) in [6.45, 7) is 0. The number of methoxy groups -OCH3 is 8. The summed E-state index contributed by atoms with van der Waals surface area (Å²) >= 11 is 8.18. The topological polar surface area (TPSA) is 682 Å². The molecule has 16 N–H and O–H groups in total. The van der Waals surface area contributed by atoms with Crippen LogP contribution in [0.5, 0.6) is 0 Å². The number of carbonyl (C=O) groups is 8. The van der Waals surface area contributed by atoms with E-state index in [2.05, 4.69) is 0 Å². The second-order valence-corrected chi connectivity index (χ2v) is 41.4. The standard InChI is InChI=1S/C80H128O48S8/c1-105-41(81)9-17-129-25-33-65-49(89)57(97)73(113-33)122-66-34(26-130-18-10-42(82)106-2)115-75(59(99)51(66)91)124-68-36(28-132-20-12-44(84)108-4)117-77(61(101)53(68)93)126-70-38(30-134-22-14-46(86)110-6)119-79(63(103)55(70)95)128-72-40(32-136-24-16-48(88)112-8)120-80(64(104)56(72)96)127-71-39(31-135-23-15-47(87)111-7)118-78(62(102)54(71)94)125-69-37(29-133-21-13-45(85)109-5)116-76(60(100)52(69)92)123-67-35(27-131-19-11-43(83)107-3)114-74(121-65)58(98)50(67)90/h33-40,49-80,89-104H,9-32H2,1-8H3/t33-,34-,35-,36-,37-,38-,39-,40-,49-,50-,51-,52-,53-,54-,55-,56-,57-,58-,59-,60-,61-,62-,63-,64-,65-,66-,67-,68-,69-,70-,71-,72-,73-,74-,75-,76-,77-,78-,79-,80-/m1/s1. The second kappa shape index (κ2) is 58.6. The van der Waals surface area contributed by atoms with Crippen molar-refractivity contribution in [2.45, 2.75) is 297 Å². The van der Waals surface area contributed by atoms with E-state index in [0.717, 1.165) is 151 Å². The lowest BCUT2D eigenvalue weighted by atomic mass is 9.95. The van der Waals surface area contributed by atoms with E-state index in [-0.39, 0.29) is 143 Å². The first-order valence-corrected chi connectivity index (χ1v) is 52.8. The first-order chi connectivity index (χ1) is 65.0. The molecule has 136 heavy (non-hydrogen) atoms. The van der Waals surface area contributed by atoms with E-state index in [1.165, 1.54) is 0 Å². The molecule has 48 nitrogen and oxygen atoms in total. The normalized spacial score (nSPS) is 39.6. The Morgan fingerprint density at radius 2 is 0.265 bits per heavy atom. The molecule has 0 spiro atoms. The van der Waals surface area contributed by atoms with Crippen molar-refractivity contribution in [1.82, 2.24) is 0 Å². The van der Waals surface area contributed by atoms with Gasteiger partial charge in [-0.25, -0.2) is 0 Å². The Balaban J connectivity index is 1.13.